The number of aliphatic carboxylic acids is 1. The first-order valence-corrected chi connectivity index (χ1v) is 10.8. The van der Waals surface area contributed by atoms with E-state index in [1.165, 1.54) is 48.6 Å². The molecule has 12 heteroatoms. The molecule has 0 spiro atoms. The average molecular weight is 516 g/mol. The second kappa shape index (κ2) is 11.0. The van der Waals surface area contributed by atoms with E-state index in [0.717, 1.165) is 12.2 Å². The summed E-state index contributed by atoms with van der Waals surface area (Å²) in [6, 6.07) is 7.49. The third kappa shape index (κ3) is 6.78. The van der Waals surface area contributed by atoms with Crippen LogP contribution in [0.15, 0.2) is 48.6 Å². The van der Waals surface area contributed by atoms with E-state index in [1.54, 1.807) is 0 Å². The minimum Gasteiger partial charge on any atom is -0.504 e. The van der Waals surface area contributed by atoms with E-state index >= 15 is 0 Å². The van der Waals surface area contributed by atoms with Crippen molar-refractivity contribution in [2.45, 2.75) is 36.8 Å². The van der Waals surface area contributed by atoms with Crippen LogP contribution in [0.5, 0.6) is 23.0 Å². The van der Waals surface area contributed by atoms with Crippen molar-refractivity contribution in [2.75, 3.05) is 0 Å². The summed E-state index contributed by atoms with van der Waals surface area (Å²) < 4.78 is 10.2. The Morgan fingerprint density at radius 1 is 0.757 bits per heavy atom. The first kappa shape index (κ1) is 27.0. The van der Waals surface area contributed by atoms with Gasteiger partial charge in [0.05, 0.1) is 0 Å². The summed E-state index contributed by atoms with van der Waals surface area (Å²) >= 11 is 0. The second-order valence-electron chi connectivity index (χ2n) is 8.35. The van der Waals surface area contributed by atoms with E-state index in [9.17, 15) is 50.1 Å². The molecule has 1 fully saturated rings. The molecule has 7 N–H and O–H groups in total. The fraction of sp³-hybridized carbons (Fsp3) is 0.240. The van der Waals surface area contributed by atoms with Crippen molar-refractivity contribution in [3.8, 4) is 23.0 Å². The quantitative estimate of drug-likeness (QED) is 0.156. The largest absolute Gasteiger partial charge is 0.504 e. The summed E-state index contributed by atoms with van der Waals surface area (Å²) in [5.41, 5.74) is -1.84. The van der Waals surface area contributed by atoms with Crippen molar-refractivity contribution in [3.63, 3.8) is 0 Å². The van der Waals surface area contributed by atoms with Crippen molar-refractivity contribution in [1.82, 2.24) is 0 Å². The van der Waals surface area contributed by atoms with Gasteiger partial charge in [-0.3, -0.25) is 0 Å². The van der Waals surface area contributed by atoms with Crippen molar-refractivity contribution < 1.29 is 59.6 Å². The number of aliphatic hydroxyl groups is 2. The molecule has 196 valence electrons. The summed E-state index contributed by atoms with van der Waals surface area (Å²) in [6.45, 7) is 0. The zero-order valence-corrected chi connectivity index (χ0v) is 19.1. The Kier molecular flexibility index (Phi) is 8.05. The zero-order chi connectivity index (χ0) is 27.3. The molecule has 1 aliphatic carbocycles. The van der Waals surface area contributed by atoms with Gasteiger partial charge in [0, 0.05) is 25.0 Å². The van der Waals surface area contributed by atoms with Gasteiger partial charge in [0.15, 0.2) is 28.6 Å². The SMILES string of the molecule is O=C(/C=C\c1ccc(O)c(O)c1)O[C@@H]1CC(O)(C(=O)O)C[C@@H](OC(=O)/C=C/c2ccc(O)c(O)c2)C1O. The van der Waals surface area contributed by atoms with Gasteiger partial charge >= 0.3 is 17.9 Å². The molecule has 2 unspecified atom stereocenters. The standard InChI is InChI=1S/C25H24O12/c26-15-5-1-13(9-17(15)28)3-7-21(30)36-19-11-25(35,24(33)34)12-20(23(19)32)37-22(31)8-4-14-2-6-16(27)18(29)10-14/h1-10,19-20,23,26-29,32,35H,11-12H2,(H,33,34)/b7-3-,8-4+/t19-,20-,23?,25?/m1/s1. The van der Waals surface area contributed by atoms with E-state index in [4.69, 9.17) is 9.47 Å². The van der Waals surface area contributed by atoms with Crippen LogP contribution < -0.4 is 0 Å². The van der Waals surface area contributed by atoms with Gasteiger partial charge in [-0.05, 0) is 47.5 Å². The van der Waals surface area contributed by atoms with Gasteiger partial charge in [-0.2, -0.15) is 0 Å². The Morgan fingerprint density at radius 3 is 1.51 bits per heavy atom. The monoisotopic (exact) mass is 516 g/mol. The maximum atomic E-state index is 12.3. The number of carboxylic acid groups (broad SMARTS) is 1. The summed E-state index contributed by atoms with van der Waals surface area (Å²) in [4.78, 5) is 36.2. The molecule has 2 aromatic carbocycles. The molecule has 0 radical (unpaired) electrons. The molecular weight excluding hydrogens is 492 g/mol. The molecule has 0 aliphatic heterocycles. The molecule has 37 heavy (non-hydrogen) atoms. The number of rotatable bonds is 7. The first-order valence-electron chi connectivity index (χ1n) is 10.8. The average Bonchev–Trinajstić information content (AvgIpc) is 2.83. The lowest BCUT2D eigenvalue weighted by Gasteiger charge is -2.40. The lowest BCUT2D eigenvalue weighted by Crippen LogP contribution is -2.58. The predicted molar refractivity (Wildman–Crippen MR) is 125 cm³/mol. The van der Waals surface area contributed by atoms with Gasteiger partial charge in [0.25, 0.3) is 0 Å². The molecule has 0 heterocycles. The van der Waals surface area contributed by atoms with Gasteiger partial charge in [-0.15, -0.1) is 0 Å². The summed E-state index contributed by atoms with van der Waals surface area (Å²) in [5, 5.41) is 68.3. The second-order valence-corrected chi connectivity index (χ2v) is 8.35. The highest BCUT2D eigenvalue weighted by atomic mass is 16.6. The highest BCUT2D eigenvalue weighted by molar-refractivity contribution is 5.88. The van der Waals surface area contributed by atoms with Crippen molar-refractivity contribution in [3.05, 3.63) is 59.7 Å². The third-order valence-corrected chi connectivity index (χ3v) is 5.60. The van der Waals surface area contributed by atoms with Gasteiger partial charge in [0.1, 0.15) is 18.3 Å². The fourth-order valence-corrected chi connectivity index (χ4v) is 3.62. The number of ether oxygens (including phenoxy) is 2. The molecule has 2 aromatic rings. The smallest absolute Gasteiger partial charge is 0.335 e. The predicted octanol–water partition coefficient (Wildman–Crippen LogP) is 1.03. The molecule has 12 nitrogen and oxygen atoms in total. The fourth-order valence-electron chi connectivity index (χ4n) is 3.62. The number of carbonyl (C=O) groups excluding carboxylic acids is 2. The summed E-state index contributed by atoms with van der Waals surface area (Å²) in [6.07, 6.45) is -1.86. The van der Waals surface area contributed by atoms with E-state index in [-0.39, 0.29) is 11.5 Å². The maximum absolute atomic E-state index is 12.3. The van der Waals surface area contributed by atoms with Crippen LogP contribution in [0.25, 0.3) is 12.2 Å². The Hall–Kier alpha value is -4.55. The third-order valence-electron chi connectivity index (χ3n) is 5.60. The minimum atomic E-state index is -2.48. The Bertz CT molecular complexity index is 1160. The number of hydrogen-bond acceptors (Lipinski definition) is 11. The Balaban J connectivity index is 1.71. The lowest BCUT2D eigenvalue weighted by molar-refractivity contribution is -0.203. The maximum Gasteiger partial charge on any atom is 0.335 e. The van der Waals surface area contributed by atoms with E-state index in [0.29, 0.717) is 11.1 Å². The molecule has 4 atom stereocenters. The van der Waals surface area contributed by atoms with Crippen LogP contribution in [0, 0.1) is 0 Å². The van der Waals surface area contributed by atoms with Gasteiger partial charge < -0.3 is 45.2 Å². The Morgan fingerprint density at radius 2 is 1.16 bits per heavy atom. The number of esters is 2. The Labute approximate surface area is 209 Å². The lowest BCUT2D eigenvalue weighted by atomic mass is 9.79. The summed E-state index contributed by atoms with van der Waals surface area (Å²) in [5.74, 6) is -5.31. The zero-order valence-electron chi connectivity index (χ0n) is 19.1. The van der Waals surface area contributed by atoms with E-state index in [1.807, 2.05) is 0 Å². The van der Waals surface area contributed by atoms with Crippen LogP contribution in [0.2, 0.25) is 0 Å². The normalized spacial score (nSPS) is 23.7. The van der Waals surface area contributed by atoms with Crippen LogP contribution in [-0.2, 0) is 23.9 Å². The van der Waals surface area contributed by atoms with Crippen LogP contribution in [0.1, 0.15) is 24.0 Å². The number of hydrogen-bond donors (Lipinski definition) is 7. The van der Waals surface area contributed by atoms with E-state index in [2.05, 4.69) is 0 Å². The summed E-state index contributed by atoms with van der Waals surface area (Å²) in [7, 11) is 0. The van der Waals surface area contributed by atoms with Gasteiger partial charge in [-0.25, -0.2) is 14.4 Å². The molecule has 1 saturated carbocycles. The first-order chi connectivity index (χ1) is 17.4. The van der Waals surface area contributed by atoms with Crippen molar-refractivity contribution in [1.29, 1.82) is 0 Å². The molecule has 3 rings (SSSR count). The van der Waals surface area contributed by atoms with E-state index < -0.39 is 66.2 Å². The molecular formula is C25H24O12. The van der Waals surface area contributed by atoms with Gasteiger partial charge in [-0.1, -0.05) is 12.1 Å². The number of phenolic OH excluding ortho intramolecular Hbond substituents is 4. The van der Waals surface area contributed by atoms with Crippen molar-refractivity contribution in [2.24, 2.45) is 0 Å². The molecule has 0 saturated heterocycles. The van der Waals surface area contributed by atoms with Crippen molar-refractivity contribution >= 4 is 30.1 Å². The highest BCUT2D eigenvalue weighted by Gasteiger charge is 2.52. The number of aliphatic hydroxyl groups excluding tert-OH is 1. The molecule has 0 amide bonds. The number of carbonyl (C=O) groups is 3. The van der Waals surface area contributed by atoms with Crippen LogP contribution in [0.3, 0.4) is 0 Å². The van der Waals surface area contributed by atoms with Crippen LogP contribution in [-0.4, -0.2) is 77.6 Å². The number of aromatic hydroxyl groups is 4. The van der Waals surface area contributed by atoms with Crippen LogP contribution >= 0.6 is 0 Å². The number of benzene rings is 2. The minimum absolute atomic E-state index is 0.319. The van der Waals surface area contributed by atoms with Gasteiger partial charge in [0.2, 0.25) is 0 Å². The highest BCUT2D eigenvalue weighted by Crippen LogP contribution is 2.33. The topological polar surface area (TPSA) is 211 Å². The molecule has 1 aliphatic rings. The molecule has 0 bridgehead atoms. The number of carboxylic acids is 1. The number of phenols is 4. The molecule has 0 aromatic heterocycles. The van der Waals surface area contributed by atoms with Crippen LogP contribution in [0.4, 0.5) is 0 Å².